The van der Waals surface area contributed by atoms with Crippen LogP contribution in [0.3, 0.4) is 0 Å². The van der Waals surface area contributed by atoms with Crippen molar-refractivity contribution in [2.75, 3.05) is 0 Å². The minimum absolute atomic E-state index is 0.225. The summed E-state index contributed by atoms with van der Waals surface area (Å²) in [4.78, 5) is 22.6. The molecule has 0 atom stereocenters. The fourth-order valence-corrected chi connectivity index (χ4v) is 2.45. The molecule has 3 N–H and O–H groups in total. The average Bonchev–Trinajstić information content (AvgIpc) is 2.77. The van der Waals surface area contributed by atoms with E-state index in [1.807, 2.05) is 0 Å². The van der Waals surface area contributed by atoms with Gasteiger partial charge < -0.3 is 10.2 Å². The molecule has 1 saturated carbocycles. The maximum atomic E-state index is 11.3. The van der Waals surface area contributed by atoms with Crippen LogP contribution < -0.4 is 5.56 Å². The minimum atomic E-state index is -0.872. The van der Waals surface area contributed by atoms with Crippen molar-refractivity contribution in [2.24, 2.45) is 0 Å². The lowest BCUT2D eigenvalue weighted by Crippen LogP contribution is -2.34. The summed E-state index contributed by atoms with van der Waals surface area (Å²) in [5.74, 6) is -0.835. The van der Waals surface area contributed by atoms with Crippen LogP contribution in [-0.4, -0.2) is 21.3 Å². The van der Waals surface area contributed by atoms with Gasteiger partial charge in [-0.3, -0.25) is 14.7 Å². The summed E-state index contributed by atoms with van der Waals surface area (Å²) in [7, 11) is 0. The summed E-state index contributed by atoms with van der Waals surface area (Å²) < 4.78 is 0. The third-order valence-corrected chi connectivity index (χ3v) is 3.36. The van der Waals surface area contributed by atoms with Gasteiger partial charge >= 0.3 is 5.97 Å². The maximum Gasteiger partial charge on any atom is 0.315 e. The lowest BCUT2D eigenvalue weighted by molar-refractivity contribution is -0.143. The van der Waals surface area contributed by atoms with Crippen molar-refractivity contribution in [1.29, 1.82) is 0 Å². The first kappa shape index (κ1) is 10.0. The molecule has 0 amide bonds. The second-order valence-corrected chi connectivity index (χ2v) is 4.17. The van der Waals surface area contributed by atoms with E-state index in [0.717, 1.165) is 12.8 Å². The van der Waals surface area contributed by atoms with Crippen molar-refractivity contribution in [3.63, 3.8) is 0 Å². The van der Waals surface area contributed by atoms with E-state index < -0.39 is 11.4 Å². The SMILES string of the molecule is Cc1c(C2(C(=O)O)CCCC2)[nH][nH]c1=O. The number of rotatable bonds is 2. The van der Waals surface area contributed by atoms with E-state index in [4.69, 9.17) is 0 Å². The van der Waals surface area contributed by atoms with Gasteiger partial charge in [-0.05, 0) is 19.8 Å². The molecule has 0 saturated heterocycles. The van der Waals surface area contributed by atoms with E-state index in [2.05, 4.69) is 10.2 Å². The van der Waals surface area contributed by atoms with Gasteiger partial charge in [0.15, 0.2) is 0 Å². The Labute approximate surface area is 86.5 Å². The number of aromatic nitrogens is 2. The molecule has 5 nitrogen and oxygen atoms in total. The van der Waals surface area contributed by atoms with Crippen LogP contribution >= 0.6 is 0 Å². The number of carboxylic acid groups (broad SMARTS) is 1. The number of hydrogen-bond acceptors (Lipinski definition) is 2. The molecule has 0 radical (unpaired) electrons. The third-order valence-electron chi connectivity index (χ3n) is 3.36. The highest BCUT2D eigenvalue weighted by molar-refractivity contribution is 5.81. The Hall–Kier alpha value is -1.52. The number of aromatic amines is 2. The number of carboxylic acids is 1. The van der Waals surface area contributed by atoms with Crippen molar-refractivity contribution in [3.8, 4) is 0 Å². The Morgan fingerprint density at radius 2 is 1.93 bits per heavy atom. The molecule has 0 unspecified atom stereocenters. The summed E-state index contributed by atoms with van der Waals surface area (Å²) in [6.07, 6.45) is 3.02. The Morgan fingerprint density at radius 1 is 1.33 bits per heavy atom. The van der Waals surface area contributed by atoms with E-state index >= 15 is 0 Å². The molecule has 82 valence electrons. The van der Waals surface area contributed by atoms with E-state index in [0.29, 0.717) is 24.1 Å². The van der Waals surface area contributed by atoms with Gasteiger partial charge in [-0.1, -0.05) is 12.8 Å². The van der Waals surface area contributed by atoms with Crippen molar-refractivity contribution in [1.82, 2.24) is 10.2 Å². The fraction of sp³-hybridized carbons (Fsp3) is 0.600. The zero-order chi connectivity index (χ0) is 11.1. The largest absolute Gasteiger partial charge is 0.481 e. The summed E-state index contributed by atoms with van der Waals surface area (Å²) in [6, 6.07) is 0. The monoisotopic (exact) mass is 210 g/mol. The van der Waals surface area contributed by atoms with Crippen molar-refractivity contribution in [2.45, 2.75) is 38.0 Å². The molecule has 0 spiro atoms. The van der Waals surface area contributed by atoms with E-state index in [-0.39, 0.29) is 5.56 Å². The van der Waals surface area contributed by atoms with Crippen molar-refractivity contribution in [3.05, 3.63) is 21.6 Å². The quantitative estimate of drug-likeness (QED) is 0.678. The summed E-state index contributed by atoms with van der Waals surface area (Å²) in [6.45, 7) is 1.66. The highest BCUT2D eigenvalue weighted by atomic mass is 16.4. The van der Waals surface area contributed by atoms with Crippen molar-refractivity contribution >= 4 is 5.97 Å². The van der Waals surface area contributed by atoms with Crippen LogP contribution in [-0.2, 0) is 10.2 Å². The average molecular weight is 210 g/mol. The number of hydrogen-bond donors (Lipinski definition) is 3. The van der Waals surface area contributed by atoms with Crippen LogP contribution in [0.15, 0.2) is 4.79 Å². The lowest BCUT2D eigenvalue weighted by atomic mass is 9.81. The molecule has 0 aliphatic heterocycles. The summed E-state index contributed by atoms with van der Waals surface area (Å²) >= 11 is 0. The Kier molecular flexibility index (Phi) is 2.17. The maximum absolute atomic E-state index is 11.3. The second-order valence-electron chi connectivity index (χ2n) is 4.17. The molecule has 1 aliphatic rings. The molecule has 0 bridgehead atoms. The van der Waals surface area contributed by atoms with Crippen LogP contribution in [0.5, 0.6) is 0 Å². The Bertz CT molecular complexity index is 438. The molecule has 0 aromatic carbocycles. The first-order chi connectivity index (χ1) is 7.08. The molecule has 1 aromatic heterocycles. The van der Waals surface area contributed by atoms with Gasteiger partial charge in [0.2, 0.25) is 0 Å². The van der Waals surface area contributed by atoms with E-state index in [9.17, 15) is 14.7 Å². The molecule has 15 heavy (non-hydrogen) atoms. The topological polar surface area (TPSA) is 85.9 Å². The van der Waals surface area contributed by atoms with Gasteiger partial charge in [-0.2, -0.15) is 0 Å². The highest BCUT2D eigenvalue weighted by Crippen LogP contribution is 2.40. The predicted molar refractivity (Wildman–Crippen MR) is 53.9 cm³/mol. The van der Waals surface area contributed by atoms with Gasteiger partial charge in [0.1, 0.15) is 5.41 Å². The highest BCUT2D eigenvalue weighted by Gasteiger charge is 2.45. The molecule has 2 rings (SSSR count). The van der Waals surface area contributed by atoms with Crippen LogP contribution in [0.4, 0.5) is 0 Å². The van der Waals surface area contributed by atoms with E-state index in [1.165, 1.54) is 0 Å². The lowest BCUT2D eigenvalue weighted by Gasteiger charge is -2.22. The van der Waals surface area contributed by atoms with Gasteiger partial charge in [0.25, 0.3) is 5.56 Å². The zero-order valence-electron chi connectivity index (χ0n) is 8.59. The van der Waals surface area contributed by atoms with Gasteiger partial charge in [-0.25, -0.2) is 0 Å². The third kappa shape index (κ3) is 1.30. The van der Waals surface area contributed by atoms with Crippen molar-refractivity contribution < 1.29 is 9.90 Å². The molecule has 1 fully saturated rings. The standard InChI is InChI=1S/C10H14N2O3/c1-6-7(11-12-8(6)13)10(9(14)15)4-2-3-5-10/h2-5H2,1H3,(H,14,15)(H2,11,12,13). The smallest absolute Gasteiger partial charge is 0.315 e. The fourth-order valence-electron chi connectivity index (χ4n) is 2.45. The molecular weight excluding hydrogens is 196 g/mol. The number of aliphatic carboxylic acids is 1. The number of H-pyrrole nitrogens is 2. The first-order valence-corrected chi connectivity index (χ1v) is 5.09. The molecule has 1 heterocycles. The second kappa shape index (κ2) is 3.25. The van der Waals surface area contributed by atoms with Crippen LogP contribution in [0, 0.1) is 6.92 Å². The first-order valence-electron chi connectivity index (χ1n) is 5.09. The van der Waals surface area contributed by atoms with Crippen LogP contribution in [0.1, 0.15) is 36.9 Å². The zero-order valence-corrected chi connectivity index (χ0v) is 8.59. The number of nitrogens with one attached hydrogen (secondary N) is 2. The molecule has 5 heteroatoms. The Balaban J connectivity index is 2.55. The van der Waals surface area contributed by atoms with Crippen LogP contribution in [0.25, 0.3) is 0 Å². The molecular formula is C10H14N2O3. The predicted octanol–water partition coefficient (Wildman–Crippen LogP) is 0.908. The van der Waals surface area contributed by atoms with Gasteiger partial charge in [0.05, 0.1) is 5.69 Å². The summed E-state index contributed by atoms with van der Waals surface area (Å²) in [5, 5.41) is 14.5. The van der Waals surface area contributed by atoms with E-state index in [1.54, 1.807) is 6.92 Å². The molecule has 1 aliphatic carbocycles. The summed E-state index contributed by atoms with van der Waals surface area (Å²) in [5.41, 5.74) is -0.0437. The molecule has 1 aromatic rings. The Morgan fingerprint density at radius 3 is 2.33 bits per heavy atom. The minimum Gasteiger partial charge on any atom is -0.481 e. The number of carbonyl (C=O) groups is 1. The van der Waals surface area contributed by atoms with Gasteiger partial charge in [-0.15, -0.1) is 0 Å². The van der Waals surface area contributed by atoms with Crippen LogP contribution in [0.2, 0.25) is 0 Å². The van der Waals surface area contributed by atoms with Gasteiger partial charge in [0, 0.05) is 5.56 Å². The normalized spacial score (nSPS) is 19.3.